The lowest BCUT2D eigenvalue weighted by Crippen LogP contribution is -2.66. The monoisotopic (exact) mass is 382 g/mol. The molecule has 2 aromatic rings. The van der Waals surface area contributed by atoms with E-state index in [-0.39, 0.29) is 17.2 Å². The molecule has 0 amide bonds. The van der Waals surface area contributed by atoms with E-state index in [0.717, 1.165) is 32.2 Å². The Balaban J connectivity index is 1.78. The number of hydrogen-bond donors (Lipinski definition) is 0. The van der Waals surface area contributed by atoms with Crippen molar-refractivity contribution in [2.75, 3.05) is 6.61 Å². The first-order chi connectivity index (χ1) is 13.0. The van der Waals surface area contributed by atoms with E-state index in [9.17, 15) is 4.79 Å². The fourth-order valence-electron chi connectivity index (χ4n) is 3.94. The number of unbranched alkanes of at least 4 members (excludes halogenated alkanes) is 1. The number of hydrogen-bond acceptors (Lipinski definition) is 3. The fourth-order valence-corrected chi connectivity index (χ4v) is 8.55. The molecule has 1 fully saturated rings. The third-order valence-electron chi connectivity index (χ3n) is 5.37. The summed E-state index contributed by atoms with van der Waals surface area (Å²) in [5.41, 5.74) is 0. The van der Waals surface area contributed by atoms with Crippen LogP contribution in [0.25, 0.3) is 0 Å². The van der Waals surface area contributed by atoms with E-state index in [2.05, 4.69) is 81.4 Å². The second-order valence-corrected chi connectivity index (χ2v) is 12.6. The average Bonchev–Trinajstić information content (AvgIpc) is 3.44. The van der Waals surface area contributed by atoms with Crippen molar-refractivity contribution < 1.29 is 14.0 Å². The van der Waals surface area contributed by atoms with E-state index in [4.69, 9.17) is 9.16 Å². The van der Waals surface area contributed by atoms with Gasteiger partial charge in [0.2, 0.25) is 0 Å². The van der Waals surface area contributed by atoms with Gasteiger partial charge in [-0.3, -0.25) is 0 Å². The molecule has 1 saturated heterocycles. The zero-order valence-corrected chi connectivity index (χ0v) is 17.6. The van der Waals surface area contributed by atoms with Gasteiger partial charge in [0.15, 0.2) is 6.29 Å². The summed E-state index contributed by atoms with van der Waals surface area (Å²) in [6.07, 6.45) is 3.82. The number of epoxide rings is 1. The van der Waals surface area contributed by atoms with Crippen molar-refractivity contribution in [3.63, 3.8) is 0 Å². The molecule has 1 aliphatic heterocycles. The van der Waals surface area contributed by atoms with E-state index >= 15 is 0 Å². The Labute approximate surface area is 163 Å². The van der Waals surface area contributed by atoms with Crippen LogP contribution in [-0.2, 0) is 14.0 Å². The van der Waals surface area contributed by atoms with Crippen LogP contribution in [0, 0.1) is 0 Å². The van der Waals surface area contributed by atoms with Gasteiger partial charge in [-0.1, -0.05) is 81.4 Å². The molecule has 4 heteroatoms. The van der Waals surface area contributed by atoms with Crippen molar-refractivity contribution in [3.05, 3.63) is 60.7 Å². The summed E-state index contributed by atoms with van der Waals surface area (Å²) in [6, 6.07) is 21.4. The van der Waals surface area contributed by atoms with Crippen LogP contribution in [0.2, 0.25) is 5.04 Å². The molecule has 0 bridgehead atoms. The van der Waals surface area contributed by atoms with E-state index in [1.54, 1.807) is 0 Å². The van der Waals surface area contributed by atoms with Crippen LogP contribution in [0.4, 0.5) is 0 Å². The largest absolute Gasteiger partial charge is 0.407 e. The number of carbonyl (C=O) groups excluding carboxylic acids is 1. The smallest absolute Gasteiger partial charge is 0.261 e. The highest BCUT2D eigenvalue weighted by atomic mass is 28.4. The number of aldehydes is 1. The second kappa shape index (κ2) is 8.51. The Morgan fingerprint density at radius 3 is 1.96 bits per heavy atom. The van der Waals surface area contributed by atoms with Gasteiger partial charge in [0.05, 0.1) is 6.10 Å². The highest BCUT2D eigenvalue weighted by Crippen LogP contribution is 2.37. The molecule has 27 heavy (non-hydrogen) atoms. The molecule has 0 radical (unpaired) electrons. The first kappa shape index (κ1) is 20.0. The van der Waals surface area contributed by atoms with Crippen LogP contribution in [-0.4, -0.2) is 33.4 Å². The minimum atomic E-state index is -2.42. The Morgan fingerprint density at radius 1 is 0.963 bits per heavy atom. The van der Waals surface area contributed by atoms with Gasteiger partial charge in [-0.25, -0.2) is 0 Å². The number of carbonyl (C=O) groups is 1. The molecule has 0 saturated carbocycles. The highest BCUT2D eigenvalue weighted by Gasteiger charge is 2.50. The van der Waals surface area contributed by atoms with Crippen molar-refractivity contribution in [2.24, 2.45) is 0 Å². The van der Waals surface area contributed by atoms with Crippen LogP contribution < -0.4 is 10.4 Å². The highest BCUT2D eigenvalue weighted by molar-refractivity contribution is 6.99. The normalized spacial score (nSPS) is 19.7. The molecule has 1 aliphatic rings. The molecule has 2 atom stereocenters. The van der Waals surface area contributed by atoms with Gasteiger partial charge in [0.1, 0.15) is 6.10 Å². The Morgan fingerprint density at radius 2 is 1.52 bits per heavy atom. The standard InChI is InChI=1S/C23H30O3Si/c1-23(2,3)27(19-12-6-4-7-13-19,20-14-8-5-9-15-20)25-17-11-10-16-21-22(18-24)26-21/h4-9,12-15,18,21-22H,10-11,16-17H2,1-3H3/t21-,22+/m0/s1. The average molecular weight is 383 g/mol. The zero-order valence-electron chi connectivity index (χ0n) is 16.6. The van der Waals surface area contributed by atoms with Crippen molar-refractivity contribution in [1.29, 1.82) is 0 Å². The molecule has 144 valence electrons. The van der Waals surface area contributed by atoms with E-state index in [1.165, 1.54) is 10.4 Å². The van der Waals surface area contributed by atoms with E-state index < -0.39 is 8.32 Å². The minimum absolute atomic E-state index is 0.0118. The molecule has 0 aliphatic carbocycles. The van der Waals surface area contributed by atoms with Crippen LogP contribution >= 0.6 is 0 Å². The summed E-state index contributed by atoms with van der Waals surface area (Å²) in [5.74, 6) is 0. The molecule has 0 N–H and O–H groups in total. The predicted octanol–water partition coefficient (Wildman–Crippen LogP) is 3.70. The summed E-state index contributed by atoms with van der Waals surface area (Å²) in [5, 5.41) is 2.64. The lowest BCUT2D eigenvalue weighted by molar-refractivity contribution is -0.108. The Bertz CT molecular complexity index is 685. The van der Waals surface area contributed by atoms with Gasteiger partial charge in [0, 0.05) is 6.61 Å². The number of benzene rings is 2. The van der Waals surface area contributed by atoms with Crippen LogP contribution in [0.15, 0.2) is 60.7 Å². The molecule has 0 spiro atoms. The lowest BCUT2D eigenvalue weighted by atomic mass is 10.2. The molecule has 0 aromatic heterocycles. The van der Waals surface area contributed by atoms with E-state index in [1.807, 2.05) is 0 Å². The Hall–Kier alpha value is -1.75. The fraction of sp³-hybridized carbons (Fsp3) is 0.435. The van der Waals surface area contributed by atoms with Gasteiger partial charge in [-0.15, -0.1) is 0 Å². The maximum atomic E-state index is 10.7. The maximum Gasteiger partial charge on any atom is 0.261 e. The molecule has 3 nitrogen and oxygen atoms in total. The van der Waals surface area contributed by atoms with Gasteiger partial charge < -0.3 is 14.0 Å². The van der Waals surface area contributed by atoms with Crippen LogP contribution in [0.3, 0.4) is 0 Å². The van der Waals surface area contributed by atoms with Crippen LogP contribution in [0.5, 0.6) is 0 Å². The molecule has 1 heterocycles. The topological polar surface area (TPSA) is 38.8 Å². The molecule has 3 rings (SSSR count). The summed E-state index contributed by atoms with van der Waals surface area (Å²) in [4.78, 5) is 10.7. The van der Waals surface area contributed by atoms with Gasteiger partial charge in [-0.2, -0.15) is 0 Å². The Kier molecular flexibility index (Phi) is 6.30. The maximum absolute atomic E-state index is 10.7. The summed E-state index contributed by atoms with van der Waals surface area (Å²) in [6.45, 7) is 7.62. The lowest BCUT2D eigenvalue weighted by Gasteiger charge is -2.43. The predicted molar refractivity (Wildman–Crippen MR) is 112 cm³/mol. The third kappa shape index (κ3) is 4.40. The molecular formula is C23H30O3Si. The van der Waals surface area contributed by atoms with Gasteiger partial charge >= 0.3 is 0 Å². The quantitative estimate of drug-likeness (QED) is 0.287. The molecule has 0 unspecified atom stereocenters. The summed E-state index contributed by atoms with van der Waals surface area (Å²) in [7, 11) is -2.42. The minimum Gasteiger partial charge on any atom is -0.407 e. The number of rotatable bonds is 9. The molecule has 2 aromatic carbocycles. The summed E-state index contributed by atoms with van der Waals surface area (Å²) >= 11 is 0. The van der Waals surface area contributed by atoms with E-state index in [0.29, 0.717) is 0 Å². The van der Waals surface area contributed by atoms with Crippen molar-refractivity contribution in [2.45, 2.75) is 57.3 Å². The van der Waals surface area contributed by atoms with Gasteiger partial charge in [0.25, 0.3) is 8.32 Å². The number of ether oxygens (including phenoxy) is 1. The zero-order chi connectivity index (χ0) is 19.3. The van der Waals surface area contributed by atoms with Crippen LogP contribution in [0.1, 0.15) is 40.0 Å². The second-order valence-electron chi connectivity index (χ2n) is 8.28. The van der Waals surface area contributed by atoms with Crippen molar-refractivity contribution in [1.82, 2.24) is 0 Å². The SMILES string of the molecule is CC(C)(C)[Si](OCCCC[C@@H]1O[C@@H]1C=O)(c1ccccc1)c1ccccc1. The third-order valence-corrected chi connectivity index (χ3v) is 10.4. The summed E-state index contributed by atoms with van der Waals surface area (Å²) < 4.78 is 12.2. The first-order valence-electron chi connectivity index (χ1n) is 9.85. The molecular weight excluding hydrogens is 352 g/mol. The van der Waals surface area contributed by atoms with Crippen molar-refractivity contribution in [3.8, 4) is 0 Å². The van der Waals surface area contributed by atoms with Gasteiger partial charge in [-0.05, 0) is 34.7 Å². The first-order valence-corrected chi connectivity index (χ1v) is 11.8. The van der Waals surface area contributed by atoms with Crippen molar-refractivity contribution >= 4 is 25.0 Å².